The van der Waals surface area contributed by atoms with Crippen molar-refractivity contribution in [1.29, 1.82) is 0 Å². The molecule has 1 heterocycles. The first-order chi connectivity index (χ1) is 8.20. The molecule has 0 radical (unpaired) electrons. The number of aryl methyl sites for hydroxylation is 1. The van der Waals surface area contributed by atoms with Crippen LogP contribution >= 0.6 is 0 Å². The van der Waals surface area contributed by atoms with Crippen LogP contribution in [-0.2, 0) is 6.42 Å². The topological polar surface area (TPSA) is 21.3 Å². The van der Waals surface area contributed by atoms with Crippen molar-refractivity contribution in [1.82, 2.24) is 5.32 Å². The maximum Gasteiger partial charge on any atom is 0.119 e. The Bertz CT molecular complexity index is 375. The Kier molecular flexibility index (Phi) is 4.06. The molecule has 2 heteroatoms. The smallest absolute Gasteiger partial charge is 0.119 e. The fraction of sp³-hybridized carbons (Fsp3) is 0.600. The van der Waals surface area contributed by atoms with Crippen molar-refractivity contribution in [3.05, 3.63) is 29.3 Å². The molecular weight excluding hydrogens is 210 g/mol. The van der Waals surface area contributed by atoms with Crippen molar-refractivity contribution in [3.8, 4) is 5.75 Å². The van der Waals surface area contributed by atoms with E-state index in [9.17, 15) is 0 Å². The molecule has 2 rings (SSSR count). The van der Waals surface area contributed by atoms with Gasteiger partial charge < -0.3 is 10.1 Å². The fourth-order valence-corrected chi connectivity index (χ4v) is 2.63. The maximum absolute atomic E-state index is 5.25. The summed E-state index contributed by atoms with van der Waals surface area (Å²) in [6.45, 7) is 6.90. The van der Waals surface area contributed by atoms with Crippen molar-refractivity contribution in [2.75, 3.05) is 20.2 Å². The van der Waals surface area contributed by atoms with Crippen LogP contribution in [0, 0.1) is 18.8 Å². The van der Waals surface area contributed by atoms with Crippen LogP contribution in [0.2, 0.25) is 0 Å². The predicted molar refractivity (Wildman–Crippen MR) is 71.6 cm³/mol. The van der Waals surface area contributed by atoms with E-state index in [-0.39, 0.29) is 0 Å². The van der Waals surface area contributed by atoms with Gasteiger partial charge in [-0.05, 0) is 68.0 Å². The Balaban J connectivity index is 2.07. The molecule has 0 saturated carbocycles. The van der Waals surface area contributed by atoms with Crippen molar-refractivity contribution in [2.24, 2.45) is 11.8 Å². The first-order valence-corrected chi connectivity index (χ1v) is 6.55. The second kappa shape index (κ2) is 5.54. The first-order valence-electron chi connectivity index (χ1n) is 6.55. The summed E-state index contributed by atoms with van der Waals surface area (Å²) in [4.78, 5) is 0. The minimum atomic E-state index is 0.774. The van der Waals surface area contributed by atoms with Gasteiger partial charge in [0.2, 0.25) is 0 Å². The predicted octanol–water partition coefficient (Wildman–Crippen LogP) is 2.79. The highest BCUT2D eigenvalue weighted by Gasteiger charge is 2.21. The summed E-state index contributed by atoms with van der Waals surface area (Å²) in [6.07, 6.45) is 2.49. The van der Waals surface area contributed by atoms with Crippen LogP contribution in [0.1, 0.15) is 24.5 Å². The zero-order chi connectivity index (χ0) is 12.3. The molecule has 0 aliphatic carbocycles. The molecule has 0 aromatic heterocycles. The van der Waals surface area contributed by atoms with E-state index in [1.165, 1.54) is 30.5 Å². The summed E-state index contributed by atoms with van der Waals surface area (Å²) in [7, 11) is 1.72. The van der Waals surface area contributed by atoms with E-state index in [0.29, 0.717) is 0 Å². The van der Waals surface area contributed by atoms with E-state index in [1.807, 2.05) is 0 Å². The number of ether oxygens (including phenoxy) is 1. The molecule has 0 amide bonds. The molecule has 0 bridgehead atoms. The van der Waals surface area contributed by atoms with E-state index in [0.717, 1.165) is 24.1 Å². The lowest BCUT2D eigenvalue weighted by Gasteiger charge is -2.30. The molecular formula is C15H23NO. The summed E-state index contributed by atoms with van der Waals surface area (Å²) in [5.41, 5.74) is 2.81. The Morgan fingerprint density at radius 2 is 2.24 bits per heavy atom. The standard InChI is InChI=1S/C15H23NO/c1-11-6-7-16-10-14(11)9-13-4-5-15(17-3)8-12(13)2/h4-5,8,11,14,16H,6-7,9-10H2,1-3H3. The van der Waals surface area contributed by atoms with E-state index >= 15 is 0 Å². The molecule has 2 nitrogen and oxygen atoms in total. The van der Waals surface area contributed by atoms with Crippen LogP contribution in [0.25, 0.3) is 0 Å². The summed E-state index contributed by atoms with van der Waals surface area (Å²) in [5.74, 6) is 2.56. The third-order valence-corrected chi connectivity index (χ3v) is 4.02. The number of hydrogen-bond acceptors (Lipinski definition) is 2. The van der Waals surface area contributed by atoms with E-state index in [1.54, 1.807) is 7.11 Å². The highest BCUT2D eigenvalue weighted by atomic mass is 16.5. The average Bonchev–Trinajstić information content (AvgIpc) is 2.34. The van der Waals surface area contributed by atoms with Gasteiger partial charge in [0.15, 0.2) is 0 Å². The molecule has 1 N–H and O–H groups in total. The third-order valence-electron chi connectivity index (χ3n) is 4.02. The van der Waals surface area contributed by atoms with Gasteiger partial charge in [0.1, 0.15) is 5.75 Å². The first kappa shape index (κ1) is 12.4. The van der Waals surface area contributed by atoms with Crippen LogP contribution < -0.4 is 10.1 Å². The largest absolute Gasteiger partial charge is 0.497 e. The zero-order valence-electron chi connectivity index (χ0n) is 11.1. The molecule has 17 heavy (non-hydrogen) atoms. The van der Waals surface area contributed by atoms with E-state index < -0.39 is 0 Å². The van der Waals surface area contributed by atoms with Gasteiger partial charge in [0.05, 0.1) is 7.11 Å². The van der Waals surface area contributed by atoms with Crippen LogP contribution in [0.5, 0.6) is 5.75 Å². The summed E-state index contributed by atoms with van der Waals surface area (Å²) in [5, 5.41) is 3.50. The molecule has 1 fully saturated rings. The Hall–Kier alpha value is -1.02. The Labute approximate surface area is 104 Å². The van der Waals surface area contributed by atoms with Gasteiger partial charge in [-0.15, -0.1) is 0 Å². The minimum Gasteiger partial charge on any atom is -0.497 e. The monoisotopic (exact) mass is 233 g/mol. The molecule has 1 aliphatic rings. The second-order valence-corrected chi connectivity index (χ2v) is 5.23. The molecule has 2 atom stereocenters. The normalized spacial score (nSPS) is 24.6. The molecule has 1 aromatic rings. The SMILES string of the molecule is COc1ccc(CC2CNCCC2C)c(C)c1. The molecule has 1 aromatic carbocycles. The third kappa shape index (κ3) is 3.01. The molecule has 1 aliphatic heterocycles. The Morgan fingerprint density at radius 3 is 2.88 bits per heavy atom. The van der Waals surface area contributed by atoms with Gasteiger partial charge in [-0.25, -0.2) is 0 Å². The number of nitrogens with one attached hydrogen (secondary N) is 1. The molecule has 0 spiro atoms. The lowest BCUT2D eigenvalue weighted by Crippen LogP contribution is -2.36. The lowest BCUT2D eigenvalue weighted by atomic mass is 9.83. The molecule has 1 saturated heterocycles. The maximum atomic E-state index is 5.25. The quantitative estimate of drug-likeness (QED) is 0.867. The number of piperidine rings is 1. The highest BCUT2D eigenvalue weighted by Crippen LogP contribution is 2.25. The molecule has 94 valence electrons. The Morgan fingerprint density at radius 1 is 1.41 bits per heavy atom. The number of hydrogen-bond donors (Lipinski definition) is 1. The number of benzene rings is 1. The van der Waals surface area contributed by atoms with E-state index in [2.05, 4.69) is 37.4 Å². The fourth-order valence-electron chi connectivity index (χ4n) is 2.63. The minimum absolute atomic E-state index is 0.774. The van der Waals surface area contributed by atoms with Gasteiger partial charge in [0, 0.05) is 0 Å². The van der Waals surface area contributed by atoms with Crippen molar-refractivity contribution >= 4 is 0 Å². The van der Waals surface area contributed by atoms with Crippen molar-refractivity contribution in [3.63, 3.8) is 0 Å². The van der Waals surface area contributed by atoms with Gasteiger partial charge >= 0.3 is 0 Å². The van der Waals surface area contributed by atoms with Crippen LogP contribution in [0.15, 0.2) is 18.2 Å². The van der Waals surface area contributed by atoms with Crippen LogP contribution in [0.4, 0.5) is 0 Å². The van der Waals surface area contributed by atoms with Gasteiger partial charge in [-0.1, -0.05) is 13.0 Å². The van der Waals surface area contributed by atoms with Gasteiger partial charge in [0.25, 0.3) is 0 Å². The lowest BCUT2D eigenvalue weighted by molar-refractivity contribution is 0.272. The number of rotatable bonds is 3. The summed E-state index contributed by atoms with van der Waals surface area (Å²) >= 11 is 0. The van der Waals surface area contributed by atoms with Crippen LogP contribution in [-0.4, -0.2) is 20.2 Å². The summed E-state index contributed by atoms with van der Waals surface area (Å²) in [6, 6.07) is 6.43. The van der Waals surface area contributed by atoms with Crippen molar-refractivity contribution in [2.45, 2.75) is 26.7 Å². The van der Waals surface area contributed by atoms with E-state index in [4.69, 9.17) is 4.74 Å². The average molecular weight is 233 g/mol. The summed E-state index contributed by atoms with van der Waals surface area (Å²) < 4.78 is 5.25. The molecule has 2 unspecified atom stereocenters. The number of methoxy groups -OCH3 is 1. The van der Waals surface area contributed by atoms with Gasteiger partial charge in [-0.2, -0.15) is 0 Å². The van der Waals surface area contributed by atoms with Crippen molar-refractivity contribution < 1.29 is 4.74 Å². The van der Waals surface area contributed by atoms with Gasteiger partial charge in [-0.3, -0.25) is 0 Å². The highest BCUT2D eigenvalue weighted by molar-refractivity contribution is 5.35. The zero-order valence-corrected chi connectivity index (χ0v) is 11.1. The second-order valence-electron chi connectivity index (χ2n) is 5.23. The van der Waals surface area contributed by atoms with Crippen LogP contribution in [0.3, 0.4) is 0 Å².